The maximum absolute atomic E-state index is 12.2. The van der Waals surface area contributed by atoms with Gasteiger partial charge in [-0.1, -0.05) is 30.3 Å². The zero-order valence-corrected chi connectivity index (χ0v) is 11.3. The summed E-state index contributed by atoms with van der Waals surface area (Å²) in [4.78, 5) is 39.2. The molecule has 6 nitrogen and oxygen atoms in total. The third-order valence-corrected chi connectivity index (χ3v) is 3.02. The summed E-state index contributed by atoms with van der Waals surface area (Å²) in [5.74, 6) is -0.425. The highest BCUT2D eigenvalue weighted by Gasteiger charge is 2.17. The Kier molecular flexibility index (Phi) is 3.84. The van der Waals surface area contributed by atoms with E-state index < -0.39 is 17.2 Å². The molecule has 104 valence electrons. The Morgan fingerprint density at radius 1 is 1.25 bits per heavy atom. The van der Waals surface area contributed by atoms with E-state index in [9.17, 15) is 14.4 Å². The highest BCUT2D eigenvalue weighted by molar-refractivity contribution is 5.93. The van der Waals surface area contributed by atoms with Crippen molar-refractivity contribution in [2.24, 2.45) is 7.05 Å². The molecule has 1 N–H and O–H groups in total. The van der Waals surface area contributed by atoms with Gasteiger partial charge < -0.3 is 9.88 Å². The molecule has 0 bridgehead atoms. The summed E-state index contributed by atoms with van der Waals surface area (Å²) in [6.45, 7) is 0.391. The van der Waals surface area contributed by atoms with E-state index in [1.54, 1.807) is 7.05 Å². The Morgan fingerprint density at radius 2 is 1.90 bits per heavy atom. The number of amides is 1. The maximum Gasteiger partial charge on any atom is 0.328 e. The van der Waals surface area contributed by atoms with Crippen LogP contribution in [0.4, 0.5) is 0 Å². The van der Waals surface area contributed by atoms with E-state index in [0.717, 1.165) is 16.3 Å². The molecule has 0 aliphatic heterocycles. The van der Waals surface area contributed by atoms with Crippen LogP contribution in [0.2, 0.25) is 0 Å². The van der Waals surface area contributed by atoms with Gasteiger partial charge in [0.15, 0.2) is 0 Å². The Balaban J connectivity index is 2.26. The lowest BCUT2D eigenvalue weighted by Crippen LogP contribution is -2.39. The number of nitrogens with one attached hydrogen (secondary N) is 1. The summed E-state index contributed by atoms with van der Waals surface area (Å²) in [5, 5.41) is 0. The first kappa shape index (κ1) is 13.8. The minimum absolute atomic E-state index is 0.0504. The highest BCUT2D eigenvalue weighted by Crippen LogP contribution is 2.05. The van der Waals surface area contributed by atoms with Crippen LogP contribution >= 0.6 is 0 Å². The fraction of sp³-hybridized carbons (Fsp3) is 0.214. The van der Waals surface area contributed by atoms with E-state index in [1.165, 1.54) is 11.9 Å². The molecule has 0 unspecified atom stereocenters. The van der Waals surface area contributed by atoms with Crippen molar-refractivity contribution in [2.75, 3.05) is 7.05 Å². The largest absolute Gasteiger partial charge is 0.337 e. The fourth-order valence-electron chi connectivity index (χ4n) is 1.85. The molecule has 0 aliphatic rings. The van der Waals surface area contributed by atoms with Gasteiger partial charge in [-0.3, -0.25) is 14.2 Å². The molecule has 0 saturated carbocycles. The molecule has 1 aromatic carbocycles. The quantitative estimate of drug-likeness (QED) is 0.876. The van der Waals surface area contributed by atoms with Gasteiger partial charge in [0.1, 0.15) is 5.56 Å². The van der Waals surface area contributed by atoms with Crippen LogP contribution in [0.3, 0.4) is 0 Å². The van der Waals surface area contributed by atoms with E-state index in [-0.39, 0.29) is 5.56 Å². The van der Waals surface area contributed by atoms with Crippen LogP contribution < -0.4 is 11.2 Å². The minimum Gasteiger partial charge on any atom is -0.337 e. The van der Waals surface area contributed by atoms with Crippen LogP contribution in [-0.2, 0) is 13.6 Å². The Bertz CT molecular complexity index is 731. The molecule has 0 aliphatic carbocycles. The van der Waals surface area contributed by atoms with Gasteiger partial charge in [-0.05, 0) is 5.56 Å². The molecule has 0 fully saturated rings. The number of rotatable bonds is 3. The normalized spacial score (nSPS) is 10.3. The monoisotopic (exact) mass is 273 g/mol. The number of H-pyrrole nitrogens is 1. The lowest BCUT2D eigenvalue weighted by atomic mass is 10.2. The number of aromatic amines is 1. The number of aromatic nitrogens is 2. The average molecular weight is 273 g/mol. The van der Waals surface area contributed by atoms with Gasteiger partial charge in [0.05, 0.1) is 0 Å². The SMILES string of the molecule is CN(Cc1ccccc1)C(=O)c1c[nH]c(=O)n(C)c1=O. The van der Waals surface area contributed by atoms with Crippen molar-refractivity contribution < 1.29 is 4.79 Å². The molecule has 2 rings (SSSR count). The summed E-state index contributed by atoms with van der Waals surface area (Å²) < 4.78 is 0.879. The van der Waals surface area contributed by atoms with E-state index in [0.29, 0.717) is 6.54 Å². The highest BCUT2D eigenvalue weighted by atomic mass is 16.2. The fourth-order valence-corrected chi connectivity index (χ4v) is 1.85. The van der Waals surface area contributed by atoms with Gasteiger partial charge in [-0.15, -0.1) is 0 Å². The molecule has 0 spiro atoms. The molecular weight excluding hydrogens is 258 g/mol. The van der Waals surface area contributed by atoms with E-state index in [1.807, 2.05) is 30.3 Å². The van der Waals surface area contributed by atoms with Crippen LogP contribution in [0.1, 0.15) is 15.9 Å². The van der Waals surface area contributed by atoms with Gasteiger partial charge in [0.25, 0.3) is 11.5 Å². The third-order valence-electron chi connectivity index (χ3n) is 3.02. The Morgan fingerprint density at radius 3 is 2.55 bits per heavy atom. The van der Waals surface area contributed by atoms with Crippen molar-refractivity contribution in [1.82, 2.24) is 14.5 Å². The number of nitrogens with zero attached hydrogens (tertiary/aromatic N) is 2. The molecule has 2 aromatic rings. The Hall–Kier alpha value is -2.63. The molecule has 1 amide bonds. The van der Waals surface area contributed by atoms with Crippen molar-refractivity contribution in [3.63, 3.8) is 0 Å². The van der Waals surface area contributed by atoms with Crippen LogP contribution in [-0.4, -0.2) is 27.4 Å². The number of hydrogen-bond acceptors (Lipinski definition) is 3. The summed E-state index contributed by atoms with van der Waals surface area (Å²) in [6, 6.07) is 9.45. The predicted octanol–water partition coefficient (Wildman–Crippen LogP) is 0.346. The second-order valence-electron chi connectivity index (χ2n) is 4.52. The summed E-state index contributed by atoms with van der Waals surface area (Å²) in [5.41, 5.74) is -0.231. The first-order valence-electron chi connectivity index (χ1n) is 6.09. The van der Waals surface area contributed by atoms with Gasteiger partial charge in [0.2, 0.25) is 0 Å². The topological polar surface area (TPSA) is 75.2 Å². The van der Waals surface area contributed by atoms with Crippen LogP contribution in [0.15, 0.2) is 46.1 Å². The summed E-state index contributed by atoms with van der Waals surface area (Å²) in [7, 11) is 2.94. The minimum atomic E-state index is -0.598. The smallest absolute Gasteiger partial charge is 0.328 e. The van der Waals surface area contributed by atoms with Crippen LogP contribution in [0, 0.1) is 0 Å². The molecular formula is C14H15N3O3. The second-order valence-corrected chi connectivity index (χ2v) is 4.52. The molecule has 1 aromatic heterocycles. The first-order chi connectivity index (χ1) is 9.50. The summed E-state index contributed by atoms with van der Waals surface area (Å²) in [6.07, 6.45) is 1.16. The van der Waals surface area contributed by atoms with Crippen molar-refractivity contribution >= 4 is 5.91 Å². The van der Waals surface area contributed by atoms with Crippen molar-refractivity contribution in [1.29, 1.82) is 0 Å². The number of carbonyl (C=O) groups excluding carboxylic acids is 1. The van der Waals surface area contributed by atoms with Crippen molar-refractivity contribution in [2.45, 2.75) is 6.54 Å². The van der Waals surface area contributed by atoms with E-state index in [2.05, 4.69) is 4.98 Å². The Labute approximate surface area is 115 Å². The zero-order valence-electron chi connectivity index (χ0n) is 11.3. The maximum atomic E-state index is 12.2. The van der Waals surface area contributed by atoms with Gasteiger partial charge in [0, 0.05) is 26.8 Å². The van der Waals surface area contributed by atoms with E-state index >= 15 is 0 Å². The van der Waals surface area contributed by atoms with Gasteiger partial charge in [-0.25, -0.2) is 4.79 Å². The number of carbonyl (C=O) groups is 1. The molecule has 20 heavy (non-hydrogen) atoms. The van der Waals surface area contributed by atoms with Crippen molar-refractivity contribution in [3.05, 3.63) is 68.5 Å². The van der Waals surface area contributed by atoms with Gasteiger partial charge in [-0.2, -0.15) is 0 Å². The molecule has 0 atom stereocenters. The zero-order chi connectivity index (χ0) is 14.7. The van der Waals surface area contributed by atoms with Crippen LogP contribution in [0.25, 0.3) is 0 Å². The first-order valence-corrected chi connectivity index (χ1v) is 6.09. The second kappa shape index (κ2) is 5.56. The number of hydrogen-bond donors (Lipinski definition) is 1. The van der Waals surface area contributed by atoms with Crippen LogP contribution in [0.5, 0.6) is 0 Å². The lowest BCUT2D eigenvalue weighted by Gasteiger charge is -2.17. The van der Waals surface area contributed by atoms with Crippen molar-refractivity contribution in [3.8, 4) is 0 Å². The predicted molar refractivity (Wildman–Crippen MR) is 74.5 cm³/mol. The molecule has 6 heteroatoms. The molecule has 0 saturated heterocycles. The van der Waals surface area contributed by atoms with Gasteiger partial charge >= 0.3 is 5.69 Å². The average Bonchev–Trinajstić information content (AvgIpc) is 2.45. The third kappa shape index (κ3) is 2.69. The molecule has 0 radical (unpaired) electrons. The standard InChI is InChI=1S/C14H15N3O3/c1-16(9-10-6-4-3-5-7-10)12(18)11-8-15-14(20)17(2)13(11)19/h3-8H,9H2,1-2H3,(H,15,20). The molecule has 1 heterocycles. The number of benzene rings is 1. The van der Waals surface area contributed by atoms with E-state index in [4.69, 9.17) is 0 Å². The summed E-state index contributed by atoms with van der Waals surface area (Å²) >= 11 is 0. The lowest BCUT2D eigenvalue weighted by molar-refractivity contribution is 0.0782.